The molecule has 128 valence electrons. The zero-order valence-corrected chi connectivity index (χ0v) is 14.2. The molecule has 2 amide bonds. The lowest BCUT2D eigenvalue weighted by Crippen LogP contribution is -2.33. The second-order valence-electron chi connectivity index (χ2n) is 5.13. The Hall–Kier alpha value is -2.45. The number of hydrogen-bond donors (Lipinski definition) is 2. The van der Waals surface area contributed by atoms with E-state index < -0.39 is 15.9 Å². The van der Waals surface area contributed by atoms with Crippen LogP contribution >= 0.6 is 0 Å². The van der Waals surface area contributed by atoms with Gasteiger partial charge in [0.1, 0.15) is 0 Å². The second-order valence-corrected chi connectivity index (χ2v) is 7.09. The van der Waals surface area contributed by atoms with Gasteiger partial charge < -0.3 is 15.4 Å². The molecule has 7 nitrogen and oxygen atoms in total. The first-order valence-corrected chi connectivity index (χ1v) is 9.08. The van der Waals surface area contributed by atoms with Gasteiger partial charge in [-0.1, -0.05) is 30.3 Å². The fraction of sp³-hybridized carbons (Fsp3) is 0.250. The molecule has 2 rings (SSSR count). The number of hydrogen-bond acceptors (Lipinski definition) is 5. The highest BCUT2D eigenvalue weighted by Gasteiger charge is 2.12. The van der Waals surface area contributed by atoms with E-state index in [1.54, 1.807) is 7.11 Å². The number of aromatic nitrogens is 1. The van der Waals surface area contributed by atoms with Crippen LogP contribution in [-0.2, 0) is 14.6 Å². The van der Waals surface area contributed by atoms with Crippen molar-refractivity contribution in [3.8, 4) is 0 Å². The van der Waals surface area contributed by atoms with Crippen LogP contribution in [0.3, 0.4) is 0 Å². The third kappa shape index (κ3) is 5.04. The van der Waals surface area contributed by atoms with Crippen LogP contribution in [0.15, 0.2) is 53.7 Å². The van der Waals surface area contributed by atoms with Crippen molar-refractivity contribution in [2.45, 2.75) is 11.1 Å². The molecule has 24 heavy (non-hydrogen) atoms. The molecule has 0 aliphatic heterocycles. The summed E-state index contributed by atoms with van der Waals surface area (Å²) in [4.78, 5) is 15.7. The van der Waals surface area contributed by atoms with E-state index in [2.05, 4.69) is 15.6 Å². The smallest absolute Gasteiger partial charge is 0.319 e. The van der Waals surface area contributed by atoms with Crippen LogP contribution in [0.1, 0.15) is 11.7 Å². The molecule has 2 N–H and O–H groups in total. The van der Waals surface area contributed by atoms with Crippen molar-refractivity contribution in [3.05, 3.63) is 54.2 Å². The molecule has 1 aromatic heterocycles. The number of nitrogens with zero attached hydrogens (tertiary/aromatic N) is 1. The van der Waals surface area contributed by atoms with Crippen LogP contribution < -0.4 is 10.6 Å². The highest BCUT2D eigenvalue weighted by molar-refractivity contribution is 7.90. The van der Waals surface area contributed by atoms with Crippen LogP contribution in [0.25, 0.3) is 0 Å². The zero-order valence-electron chi connectivity index (χ0n) is 13.4. The summed E-state index contributed by atoms with van der Waals surface area (Å²) in [5, 5.41) is 5.25. The van der Waals surface area contributed by atoms with Crippen molar-refractivity contribution in [1.29, 1.82) is 0 Å². The summed E-state index contributed by atoms with van der Waals surface area (Å²) in [7, 11) is -1.79. The minimum absolute atomic E-state index is 0.0445. The SMILES string of the molecule is COC(CNC(=O)Nc1ccc(S(C)(=O)=O)nc1)c1ccccc1. The van der Waals surface area contributed by atoms with Crippen LogP contribution in [0.5, 0.6) is 0 Å². The maximum Gasteiger partial charge on any atom is 0.319 e. The maximum atomic E-state index is 11.9. The lowest BCUT2D eigenvalue weighted by molar-refractivity contribution is 0.104. The standard InChI is InChI=1S/C16H19N3O4S/c1-23-14(12-6-4-3-5-7-12)11-18-16(20)19-13-8-9-15(17-10-13)24(2,21)22/h3-10,14H,11H2,1-2H3,(H2,18,19,20). The van der Waals surface area contributed by atoms with Gasteiger partial charge in [-0.05, 0) is 17.7 Å². The molecule has 0 saturated heterocycles. The molecule has 0 fully saturated rings. The molecular weight excluding hydrogens is 330 g/mol. The molecule has 1 atom stereocenters. The number of nitrogens with one attached hydrogen (secondary N) is 2. The van der Waals surface area contributed by atoms with E-state index in [1.807, 2.05) is 30.3 Å². The number of anilines is 1. The van der Waals surface area contributed by atoms with Crippen LogP contribution in [-0.4, -0.2) is 39.3 Å². The van der Waals surface area contributed by atoms with Gasteiger partial charge in [-0.25, -0.2) is 18.2 Å². The Morgan fingerprint density at radius 1 is 1.21 bits per heavy atom. The summed E-state index contributed by atoms with van der Waals surface area (Å²) in [5.41, 5.74) is 1.35. The number of sulfone groups is 1. The number of urea groups is 1. The molecule has 0 aliphatic rings. The number of pyridine rings is 1. The first kappa shape index (κ1) is 17.9. The van der Waals surface area contributed by atoms with Gasteiger partial charge in [0.2, 0.25) is 0 Å². The molecule has 8 heteroatoms. The minimum Gasteiger partial charge on any atom is -0.375 e. The summed E-state index contributed by atoms with van der Waals surface area (Å²) in [6.45, 7) is 0.293. The summed E-state index contributed by atoms with van der Waals surface area (Å²) < 4.78 is 28.0. The number of benzene rings is 1. The largest absolute Gasteiger partial charge is 0.375 e. The van der Waals surface area contributed by atoms with E-state index in [-0.39, 0.29) is 11.1 Å². The van der Waals surface area contributed by atoms with Crippen molar-refractivity contribution >= 4 is 21.6 Å². The Labute approximate surface area is 141 Å². The molecule has 1 heterocycles. The summed E-state index contributed by atoms with van der Waals surface area (Å²) in [5.74, 6) is 0. The van der Waals surface area contributed by atoms with E-state index in [1.165, 1.54) is 18.3 Å². The fourth-order valence-electron chi connectivity index (χ4n) is 2.04. The average molecular weight is 349 g/mol. The topological polar surface area (TPSA) is 97.4 Å². The molecule has 1 aromatic carbocycles. The lowest BCUT2D eigenvalue weighted by atomic mass is 10.1. The predicted molar refractivity (Wildman–Crippen MR) is 90.6 cm³/mol. The van der Waals surface area contributed by atoms with Gasteiger partial charge >= 0.3 is 6.03 Å². The van der Waals surface area contributed by atoms with Gasteiger partial charge in [-0.2, -0.15) is 0 Å². The number of methoxy groups -OCH3 is 1. The summed E-state index contributed by atoms with van der Waals surface area (Å²) in [6, 6.07) is 11.9. The molecular formula is C16H19N3O4S. The van der Waals surface area contributed by atoms with Gasteiger partial charge in [0.15, 0.2) is 14.9 Å². The van der Waals surface area contributed by atoms with Crippen molar-refractivity contribution in [2.24, 2.45) is 0 Å². The highest BCUT2D eigenvalue weighted by atomic mass is 32.2. The van der Waals surface area contributed by atoms with Crippen LogP contribution in [0, 0.1) is 0 Å². The van der Waals surface area contributed by atoms with Gasteiger partial charge in [0, 0.05) is 19.9 Å². The van der Waals surface area contributed by atoms with Crippen molar-refractivity contribution in [3.63, 3.8) is 0 Å². The van der Waals surface area contributed by atoms with Gasteiger partial charge in [-0.15, -0.1) is 0 Å². The Balaban J connectivity index is 1.91. The van der Waals surface area contributed by atoms with Crippen molar-refractivity contribution in [1.82, 2.24) is 10.3 Å². The van der Waals surface area contributed by atoms with Gasteiger partial charge in [0.25, 0.3) is 0 Å². The quantitative estimate of drug-likeness (QED) is 0.831. The zero-order chi connectivity index (χ0) is 17.6. The predicted octanol–water partition coefficient (Wildman–Crippen LogP) is 1.99. The molecule has 0 bridgehead atoms. The van der Waals surface area contributed by atoms with Crippen LogP contribution in [0.2, 0.25) is 0 Å². The minimum atomic E-state index is -3.36. The highest BCUT2D eigenvalue weighted by Crippen LogP contribution is 2.15. The number of ether oxygens (including phenoxy) is 1. The Bertz CT molecular complexity index is 777. The third-order valence-electron chi connectivity index (χ3n) is 3.28. The normalized spacial score (nSPS) is 12.4. The number of carbonyl (C=O) groups excluding carboxylic acids is 1. The monoisotopic (exact) mass is 349 g/mol. The van der Waals surface area contributed by atoms with Crippen molar-refractivity contribution < 1.29 is 17.9 Å². The van der Waals surface area contributed by atoms with Gasteiger partial charge in [0.05, 0.1) is 18.0 Å². The van der Waals surface area contributed by atoms with E-state index in [0.717, 1.165) is 11.8 Å². The Morgan fingerprint density at radius 3 is 2.46 bits per heavy atom. The molecule has 2 aromatic rings. The maximum absolute atomic E-state index is 11.9. The van der Waals surface area contributed by atoms with Crippen molar-refractivity contribution in [2.75, 3.05) is 25.2 Å². The van der Waals surface area contributed by atoms with E-state index in [0.29, 0.717) is 12.2 Å². The number of carbonyl (C=O) groups is 1. The average Bonchev–Trinajstić information content (AvgIpc) is 2.56. The number of amides is 2. The van der Waals surface area contributed by atoms with Gasteiger partial charge in [-0.3, -0.25) is 0 Å². The fourth-order valence-corrected chi connectivity index (χ4v) is 2.60. The Kier molecular flexibility index (Phi) is 5.88. The number of rotatable bonds is 6. The molecule has 1 unspecified atom stereocenters. The molecule has 0 saturated carbocycles. The molecule has 0 spiro atoms. The van der Waals surface area contributed by atoms with E-state index in [9.17, 15) is 13.2 Å². The summed E-state index contributed by atoms with van der Waals surface area (Å²) in [6.07, 6.45) is 2.10. The van der Waals surface area contributed by atoms with Crippen LogP contribution in [0.4, 0.5) is 10.5 Å². The lowest BCUT2D eigenvalue weighted by Gasteiger charge is -2.16. The summed E-state index contributed by atoms with van der Waals surface area (Å²) >= 11 is 0. The Morgan fingerprint density at radius 2 is 1.92 bits per heavy atom. The first-order valence-electron chi connectivity index (χ1n) is 7.19. The molecule has 0 aliphatic carbocycles. The first-order chi connectivity index (χ1) is 11.4. The molecule has 0 radical (unpaired) electrons. The third-order valence-corrected chi connectivity index (χ3v) is 4.28. The van der Waals surface area contributed by atoms with E-state index in [4.69, 9.17) is 4.74 Å². The van der Waals surface area contributed by atoms with E-state index >= 15 is 0 Å². The second kappa shape index (κ2) is 7.89.